The third-order valence-corrected chi connectivity index (χ3v) is 6.23. The van der Waals surface area contributed by atoms with Crippen LogP contribution in [0.25, 0.3) is 10.9 Å². The molecule has 3 aromatic rings. The fourth-order valence-electron chi connectivity index (χ4n) is 4.03. The Balaban J connectivity index is 1.54. The van der Waals surface area contributed by atoms with E-state index in [4.69, 9.17) is 0 Å². The Morgan fingerprint density at radius 3 is 2.67 bits per heavy atom. The van der Waals surface area contributed by atoms with Crippen LogP contribution in [0.15, 0.2) is 36.5 Å². The van der Waals surface area contributed by atoms with Gasteiger partial charge in [-0.1, -0.05) is 38.1 Å². The number of nitrogens with one attached hydrogen (secondary N) is 1. The molecule has 0 spiro atoms. The van der Waals surface area contributed by atoms with Crippen LogP contribution in [0.3, 0.4) is 0 Å². The molecule has 8 nitrogen and oxygen atoms in total. The third-order valence-electron chi connectivity index (χ3n) is 5.54. The zero-order valence-corrected chi connectivity index (χ0v) is 18.4. The van der Waals surface area contributed by atoms with Crippen molar-refractivity contribution < 1.29 is 8.42 Å². The Hall–Kier alpha value is -2.36. The lowest BCUT2D eigenvalue weighted by molar-refractivity contribution is 0.269. The number of aromatic nitrogens is 4. The number of para-hydroxylation sites is 1. The molecule has 1 aliphatic heterocycles. The molecule has 30 heavy (non-hydrogen) atoms. The summed E-state index contributed by atoms with van der Waals surface area (Å²) in [4.78, 5) is 6.97. The minimum atomic E-state index is -3.35. The Morgan fingerprint density at radius 2 is 1.90 bits per heavy atom. The van der Waals surface area contributed by atoms with Gasteiger partial charge in [-0.05, 0) is 17.5 Å². The van der Waals surface area contributed by atoms with Crippen molar-refractivity contribution in [1.29, 1.82) is 0 Å². The van der Waals surface area contributed by atoms with Crippen LogP contribution in [0.1, 0.15) is 37.1 Å². The van der Waals surface area contributed by atoms with Crippen LogP contribution in [-0.4, -0.2) is 52.4 Å². The maximum absolute atomic E-state index is 11.9. The smallest absolute Gasteiger partial charge is 0.209 e. The van der Waals surface area contributed by atoms with E-state index in [1.807, 2.05) is 26.1 Å². The average molecular weight is 429 g/mol. The second-order valence-corrected chi connectivity index (χ2v) is 10.0. The zero-order chi connectivity index (χ0) is 21.3. The molecule has 160 valence electrons. The quantitative estimate of drug-likeness (QED) is 0.647. The van der Waals surface area contributed by atoms with E-state index in [1.54, 1.807) is 0 Å². The molecule has 0 unspecified atom stereocenters. The van der Waals surface area contributed by atoms with Crippen LogP contribution in [0.2, 0.25) is 0 Å². The molecule has 0 amide bonds. The van der Waals surface area contributed by atoms with Crippen molar-refractivity contribution in [2.45, 2.75) is 39.4 Å². The molecule has 2 aromatic heterocycles. The average Bonchev–Trinajstić information content (AvgIpc) is 2.99. The number of sulfonamides is 1. The number of fused-ring (bicyclic) bond motifs is 2. The summed E-state index contributed by atoms with van der Waals surface area (Å²) in [6.07, 6.45) is 3.79. The molecular weight excluding hydrogens is 400 g/mol. The van der Waals surface area contributed by atoms with E-state index >= 15 is 0 Å². The SMILES string of the molecule is CC(C)[C@H](NS(C)(=O)=O)c1nnc2n1CCN(Cc1cccc3cccnc13)CC2. The van der Waals surface area contributed by atoms with Crippen molar-refractivity contribution in [2.75, 3.05) is 19.3 Å². The minimum Gasteiger partial charge on any atom is -0.312 e. The summed E-state index contributed by atoms with van der Waals surface area (Å²) in [5, 5.41) is 9.88. The van der Waals surface area contributed by atoms with Crippen LogP contribution in [-0.2, 0) is 29.5 Å². The van der Waals surface area contributed by atoms with Crippen molar-refractivity contribution in [2.24, 2.45) is 5.92 Å². The van der Waals surface area contributed by atoms with Crippen molar-refractivity contribution in [3.63, 3.8) is 0 Å². The number of benzene rings is 1. The van der Waals surface area contributed by atoms with E-state index in [1.165, 1.54) is 11.8 Å². The van der Waals surface area contributed by atoms with Crippen LogP contribution in [0.4, 0.5) is 0 Å². The first-order chi connectivity index (χ1) is 14.3. The van der Waals surface area contributed by atoms with Crippen LogP contribution in [0, 0.1) is 5.92 Å². The molecular formula is C21H28N6O2S. The van der Waals surface area contributed by atoms with Gasteiger partial charge < -0.3 is 4.57 Å². The molecule has 0 aliphatic carbocycles. The van der Waals surface area contributed by atoms with E-state index in [9.17, 15) is 8.42 Å². The van der Waals surface area contributed by atoms with E-state index in [2.05, 4.69) is 53.6 Å². The molecule has 0 bridgehead atoms. The van der Waals surface area contributed by atoms with Gasteiger partial charge in [0.05, 0.1) is 17.8 Å². The predicted octanol–water partition coefficient (Wildman–Crippen LogP) is 2.13. The Morgan fingerprint density at radius 1 is 1.10 bits per heavy atom. The van der Waals surface area contributed by atoms with Gasteiger partial charge in [-0.15, -0.1) is 10.2 Å². The first-order valence-corrected chi connectivity index (χ1v) is 12.2. The highest BCUT2D eigenvalue weighted by Crippen LogP contribution is 2.24. The molecule has 1 atom stereocenters. The molecule has 0 saturated heterocycles. The maximum atomic E-state index is 11.9. The maximum Gasteiger partial charge on any atom is 0.209 e. The predicted molar refractivity (Wildman–Crippen MR) is 116 cm³/mol. The van der Waals surface area contributed by atoms with Gasteiger partial charge in [0.1, 0.15) is 5.82 Å². The molecule has 0 saturated carbocycles. The van der Waals surface area contributed by atoms with Crippen molar-refractivity contribution in [3.8, 4) is 0 Å². The molecule has 1 aliphatic rings. The van der Waals surface area contributed by atoms with E-state index < -0.39 is 16.1 Å². The van der Waals surface area contributed by atoms with Crippen molar-refractivity contribution in [3.05, 3.63) is 53.7 Å². The first-order valence-electron chi connectivity index (χ1n) is 10.3. The second-order valence-electron chi connectivity index (χ2n) is 8.26. The molecule has 3 heterocycles. The number of hydrogen-bond acceptors (Lipinski definition) is 6. The summed E-state index contributed by atoms with van der Waals surface area (Å²) in [6.45, 7) is 7.22. The fraction of sp³-hybridized carbons (Fsp3) is 0.476. The van der Waals surface area contributed by atoms with Crippen LogP contribution >= 0.6 is 0 Å². The lowest BCUT2D eigenvalue weighted by atomic mass is 10.1. The van der Waals surface area contributed by atoms with Gasteiger partial charge in [0, 0.05) is 44.2 Å². The largest absolute Gasteiger partial charge is 0.312 e. The van der Waals surface area contributed by atoms with E-state index in [0.29, 0.717) is 5.82 Å². The monoisotopic (exact) mass is 428 g/mol. The summed E-state index contributed by atoms with van der Waals surface area (Å²) in [5.41, 5.74) is 2.26. The van der Waals surface area contributed by atoms with Crippen LogP contribution < -0.4 is 4.72 Å². The highest BCUT2D eigenvalue weighted by atomic mass is 32.2. The third kappa shape index (κ3) is 4.53. The van der Waals surface area contributed by atoms with Gasteiger partial charge in [0.15, 0.2) is 5.82 Å². The molecule has 4 rings (SSSR count). The molecule has 0 fully saturated rings. The zero-order valence-electron chi connectivity index (χ0n) is 17.6. The lowest BCUT2D eigenvalue weighted by Gasteiger charge is -2.23. The summed E-state index contributed by atoms with van der Waals surface area (Å²) in [7, 11) is -3.35. The molecule has 1 N–H and O–H groups in total. The first kappa shape index (κ1) is 20.9. The van der Waals surface area contributed by atoms with E-state index in [-0.39, 0.29) is 5.92 Å². The van der Waals surface area contributed by atoms with Gasteiger partial charge in [0.2, 0.25) is 10.0 Å². The van der Waals surface area contributed by atoms with Crippen molar-refractivity contribution >= 4 is 20.9 Å². The summed E-state index contributed by atoms with van der Waals surface area (Å²) in [5.74, 6) is 1.66. The molecule has 1 aromatic carbocycles. The van der Waals surface area contributed by atoms with E-state index in [0.717, 1.165) is 49.3 Å². The van der Waals surface area contributed by atoms with Gasteiger partial charge in [-0.3, -0.25) is 9.88 Å². The van der Waals surface area contributed by atoms with Crippen molar-refractivity contribution in [1.82, 2.24) is 29.4 Å². The fourth-order valence-corrected chi connectivity index (χ4v) is 4.87. The standard InChI is InChI=1S/C21H28N6O2S/c1-15(2)19(25-30(3,28)29)21-24-23-18-9-11-26(12-13-27(18)21)14-17-7-4-6-16-8-5-10-22-20(16)17/h4-8,10,15,19,25H,9,11-14H2,1-3H3/t19-/m0/s1. The Labute approximate surface area is 177 Å². The highest BCUT2D eigenvalue weighted by molar-refractivity contribution is 7.88. The molecule has 9 heteroatoms. The highest BCUT2D eigenvalue weighted by Gasteiger charge is 2.28. The van der Waals surface area contributed by atoms with Gasteiger partial charge >= 0.3 is 0 Å². The topological polar surface area (TPSA) is 93.0 Å². The Kier molecular flexibility index (Phi) is 5.86. The number of nitrogens with zero attached hydrogens (tertiary/aromatic N) is 5. The molecule has 0 radical (unpaired) electrons. The van der Waals surface area contributed by atoms with Crippen LogP contribution in [0.5, 0.6) is 0 Å². The lowest BCUT2D eigenvalue weighted by Crippen LogP contribution is -2.33. The van der Waals surface area contributed by atoms with Gasteiger partial charge in [0.25, 0.3) is 0 Å². The summed E-state index contributed by atoms with van der Waals surface area (Å²) < 4.78 is 28.5. The number of pyridine rings is 1. The number of rotatable bonds is 6. The number of hydrogen-bond donors (Lipinski definition) is 1. The summed E-state index contributed by atoms with van der Waals surface area (Å²) >= 11 is 0. The second kappa shape index (κ2) is 8.41. The van der Waals surface area contributed by atoms with Gasteiger partial charge in [-0.25, -0.2) is 13.1 Å². The minimum absolute atomic E-state index is 0.0640. The van der Waals surface area contributed by atoms with Gasteiger partial charge in [-0.2, -0.15) is 0 Å². The Bertz CT molecular complexity index is 1140. The normalized spacial score (nSPS) is 16.5. The summed E-state index contributed by atoms with van der Waals surface area (Å²) in [6, 6.07) is 9.95.